The van der Waals surface area contributed by atoms with Crippen molar-refractivity contribution in [3.05, 3.63) is 216 Å². The van der Waals surface area contributed by atoms with Crippen LogP contribution >= 0.6 is 45.3 Å². The van der Waals surface area contributed by atoms with Crippen molar-refractivity contribution in [2.45, 2.75) is 27.7 Å². The molecule has 10 aromatic rings. The number of aryl methyl sites for hydroxylation is 4. The molecule has 0 spiro atoms. The molecule has 0 atom stereocenters. The van der Waals surface area contributed by atoms with Crippen LogP contribution in [0.3, 0.4) is 0 Å². The summed E-state index contributed by atoms with van der Waals surface area (Å²) in [5, 5.41) is 4.77. The molecule has 0 N–H and O–H groups in total. The summed E-state index contributed by atoms with van der Waals surface area (Å²) < 4.78 is 0. The van der Waals surface area contributed by atoms with Crippen LogP contribution in [0.5, 0.6) is 0 Å². The van der Waals surface area contributed by atoms with E-state index in [2.05, 4.69) is 232 Å². The van der Waals surface area contributed by atoms with Crippen molar-refractivity contribution in [3.63, 3.8) is 0 Å². The van der Waals surface area contributed by atoms with Crippen molar-refractivity contribution < 1.29 is 0 Å². The van der Waals surface area contributed by atoms with Crippen molar-refractivity contribution in [2.75, 3.05) is 9.80 Å². The zero-order valence-corrected chi connectivity index (χ0v) is 38.3. The maximum atomic E-state index is 2.42. The molecular formula is C56H44N2S4. The number of benzene rings is 6. The highest BCUT2D eigenvalue weighted by molar-refractivity contribution is 7.22. The van der Waals surface area contributed by atoms with Gasteiger partial charge in [-0.25, -0.2) is 0 Å². The van der Waals surface area contributed by atoms with Crippen molar-refractivity contribution in [1.82, 2.24) is 0 Å². The molecule has 0 bridgehead atoms. The number of rotatable bonds is 11. The molecular weight excluding hydrogens is 829 g/mol. The Labute approximate surface area is 380 Å². The number of hydrogen-bond donors (Lipinski definition) is 0. The molecule has 6 aromatic carbocycles. The van der Waals surface area contributed by atoms with Gasteiger partial charge in [-0.3, -0.25) is 9.80 Å². The fraction of sp³-hybridized carbons (Fsp3) is 0.0714. The van der Waals surface area contributed by atoms with Gasteiger partial charge in [-0.05, 0) is 156 Å². The molecule has 0 unspecified atom stereocenters. The van der Waals surface area contributed by atoms with Crippen LogP contribution in [0.1, 0.15) is 22.3 Å². The van der Waals surface area contributed by atoms with Gasteiger partial charge in [-0.1, -0.05) is 121 Å². The van der Waals surface area contributed by atoms with Crippen molar-refractivity contribution in [3.8, 4) is 52.9 Å². The van der Waals surface area contributed by atoms with Crippen molar-refractivity contribution in [1.29, 1.82) is 0 Å². The van der Waals surface area contributed by atoms with Crippen LogP contribution in [0.15, 0.2) is 194 Å². The standard InChI is InChI=1S/C56H44N2S4/c1-37-13-5-9-17-45(37)49-29-33-53(59-49)57(54-34-30-50(60-54)46-18-10-6-14-38(46)2)43-25-21-41(22-26-43)42-23-27-44(28-24-42)58(55-35-31-51(61-55)47-19-11-7-15-39(47)3)56-36-32-52(62-56)48-20-12-8-16-40(48)4/h5-36H,1-4H3. The predicted octanol–water partition coefficient (Wildman–Crippen LogP) is 18.4. The maximum absolute atomic E-state index is 2.42. The molecule has 0 saturated heterocycles. The highest BCUT2D eigenvalue weighted by atomic mass is 32.1. The monoisotopic (exact) mass is 872 g/mol. The first-order chi connectivity index (χ1) is 30.4. The molecule has 0 aliphatic heterocycles. The fourth-order valence-corrected chi connectivity index (χ4v) is 12.7. The Morgan fingerprint density at radius 2 is 0.500 bits per heavy atom. The summed E-state index contributed by atoms with van der Waals surface area (Å²) in [6, 6.07) is 70.9. The van der Waals surface area contributed by atoms with E-state index in [0.717, 1.165) is 11.4 Å². The number of hydrogen-bond acceptors (Lipinski definition) is 6. The molecule has 0 saturated carbocycles. The van der Waals surface area contributed by atoms with Crippen LogP contribution in [0, 0.1) is 27.7 Å². The van der Waals surface area contributed by atoms with E-state index in [1.807, 2.05) is 45.3 Å². The quantitative estimate of drug-likeness (QED) is 0.128. The normalized spacial score (nSPS) is 11.2. The van der Waals surface area contributed by atoms with E-state index in [1.54, 1.807) is 0 Å². The second-order valence-corrected chi connectivity index (χ2v) is 19.8. The zero-order valence-electron chi connectivity index (χ0n) is 35.0. The van der Waals surface area contributed by atoms with E-state index < -0.39 is 0 Å². The van der Waals surface area contributed by atoms with Crippen LogP contribution in [0.4, 0.5) is 31.4 Å². The topological polar surface area (TPSA) is 6.48 Å². The third kappa shape index (κ3) is 7.87. The number of anilines is 6. The van der Waals surface area contributed by atoms with Gasteiger partial charge in [-0.2, -0.15) is 0 Å². The first kappa shape index (κ1) is 39.8. The Kier molecular flexibility index (Phi) is 11.1. The lowest BCUT2D eigenvalue weighted by Crippen LogP contribution is -2.06. The minimum absolute atomic E-state index is 1.14. The predicted molar refractivity (Wildman–Crippen MR) is 273 cm³/mol. The van der Waals surface area contributed by atoms with Gasteiger partial charge >= 0.3 is 0 Å². The lowest BCUT2D eigenvalue weighted by molar-refractivity contribution is 1.35. The molecule has 302 valence electrons. The van der Waals surface area contributed by atoms with Crippen LogP contribution in [-0.2, 0) is 0 Å². The molecule has 10 rings (SSSR count). The van der Waals surface area contributed by atoms with E-state index in [9.17, 15) is 0 Å². The lowest BCUT2D eigenvalue weighted by atomic mass is 10.0. The first-order valence-corrected chi connectivity index (χ1v) is 24.1. The van der Waals surface area contributed by atoms with E-state index in [0.29, 0.717) is 0 Å². The summed E-state index contributed by atoms with van der Waals surface area (Å²) in [4.78, 5) is 9.92. The van der Waals surface area contributed by atoms with Gasteiger partial charge in [0.2, 0.25) is 0 Å². The highest BCUT2D eigenvalue weighted by Gasteiger charge is 2.21. The first-order valence-electron chi connectivity index (χ1n) is 20.8. The fourth-order valence-electron chi connectivity index (χ4n) is 8.10. The highest BCUT2D eigenvalue weighted by Crippen LogP contribution is 2.49. The Morgan fingerprint density at radius 1 is 0.258 bits per heavy atom. The largest absolute Gasteiger partial charge is 0.293 e. The Hall–Kier alpha value is -6.28. The molecule has 0 aliphatic rings. The van der Waals surface area contributed by atoms with Crippen molar-refractivity contribution in [2.24, 2.45) is 0 Å². The Bertz CT molecular complexity index is 2760. The molecule has 0 amide bonds. The zero-order chi connectivity index (χ0) is 42.2. The third-order valence-electron chi connectivity index (χ3n) is 11.5. The van der Waals surface area contributed by atoms with Crippen LogP contribution < -0.4 is 9.80 Å². The summed E-state index contributed by atoms with van der Waals surface area (Å²) in [7, 11) is 0. The molecule has 0 fully saturated rings. The molecule has 2 nitrogen and oxygen atoms in total. The summed E-state index contributed by atoms with van der Waals surface area (Å²) in [5.41, 5.74) is 14.9. The van der Waals surface area contributed by atoms with Gasteiger partial charge in [0.15, 0.2) is 0 Å². The van der Waals surface area contributed by atoms with Gasteiger partial charge in [0, 0.05) is 30.9 Å². The number of nitrogens with zero attached hydrogens (tertiary/aromatic N) is 2. The summed E-state index contributed by atoms with van der Waals surface area (Å²) in [5.74, 6) is 0. The Morgan fingerprint density at radius 3 is 0.742 bits per heavy atom. The van der Waals surface area contributed by atoms with Gasteiger partial charge in [-0.15, -0.1) is 45.3 Å². The molecule has 6 heteroatoms. The summed E-state index contributed by atoms with van der Waals surface area (Å²) in [6.45, 7) is 8.77. The molecule has 0 aliphatic carbocycles. The van der Waals surface area contributed by atoms with Crippen LogP contribution in [-0.4, -0.2) is 0 Å². The molecule has 62 heavy (non-hydrogen) atoms. The SMILES string of the molecule is Cc1ccccc1-c1ccc(N(c2ccc(-c3ccc(N(c4ccc(-c5ccccc5C)s4)c4ccc(-c5ccccc5C)s4)cc3)cc2)c2ccc(-c3ccccc3C)s2)s1. The third-order valence-corrected chi connectivity index (χ3v) is 15.9. The summed E-state index contributed by atoms with van der Waals surface area (Å²) in [6.07, 6.45) is 0. The van der Waals surface area contributed by atoms with Gasteiger partial charge in [0.1, 0.15) is 20.0 Å². The Balaban J connectivity index is 0.987. The van der Waals surface area contributed by atoms with Gasteiger partial charge < -0.3 is 0 Å². The second-order valence-electron chi connectivity index (χ2n) is 15.6. The lowest BCUT2D eigenvalue weighted by Gasteiger charge is -2.23. The second kappa shape index (κ2) is 17.2. The molecule has 4 aromatic heterocycles. The van der Waals surface area contributed by atoms with Crippen molar-refractivity contribution >= 4 is 76.7 Å². The van der Waals surface area contributed by atoms with E-state index in [-0.39, 0.29) is 0 Å². The summed E-state index contributed by atoms with van der Waals surface area (Å²) >= 11 is 7.35. The van der Waals surface area contributed by atoms with E-state index in [4.69, 9.17) is 0 Å². The van der Waals surface area contributed by atoms with Crippen LogP contribution in [0.25, 0.3) is 52.9 Å². The smallest absolute Gasteiger partial charge is 0.101 e. The minimum atomic E-state index is 1.14. The maximum Gasteiger partial charge on any atom is 0.101 e. The average Bonchev–Trinajstić information content (AvgIpc) is 4.15. The van der Waals surface area contributed by atoms with E-state index >= 15 is 0 Å². The van der Waals surface area contributed by atoms with Gasteiger partial charge in [0.25, 0.3) is 0 Å². The van der Waals surface area contributed by atoms with Gasteiger partial charge in [0.05, 0.1) is 0 Å². The minimum Gasteiger partial charge on any atom is -0.293 e. The molecule has 4 heterocycles. The average molecular weight is 873 g/mol. The molecule has 0 radical (unpaired) electrons. The van der Waals surface area contributed by atoms with E-state index in [1.165, 1.54) is 95.1 Å². The van der Waals surface area contributed by atoms with Crippen LogP contribution in [0.2, 0.25) is 0 Å². The number of thiophene rings is 4.